The van der Waals surface area contributed by atoms with Crippen molar-refractivity contribution in [1.82, 2.24) is 23.4 Å². The number of Topliss-reactive ketones (excluding diaryl/α,β-unsaturated/α-hetero) is 1. The number of hydrogen-bond acceptors (Lipinski definition) is 3. The van der Waals surface area contributed by atoms with Crippen LogP contribution in [-0.2, 0) is 14.1 Å². The van der Waals surface area contributed by atoms with Gasteiger partial charge in [0, 0.05) is 42.9 Å². The zero-order valence-electron chi connectivity index (χ0n) is 21.2. The molecule has 4 aromatic rings. The van der Waals surface area contributed by atoms with Crippen LogP contribution in [0.1, 0.15) is 52.0 Å². The van der Waals surface area contributed by atoms with E-state index in [1.54, 1.807) is 4.68 Å². The molecule has 7 nitrogen and oxygen atoms in total. The molecule has 35 heavy (non-hydrogen) atoms. The quantitative estimate of drug-likeness (QED) is 0.395. The molecule has 0 N–H and O–H groups in total. The molecule has 0 spiro atoms. The molecule has 1 saturated heterocycles. The third kappa shape index (κ3) is 3.80. The van der Waals surface area contributed by atoms with Crippen LogP contribution in [0, 0.1) is 20.8 Å². The number of nitrogens with zero attached hydrogens (tertiary/aromatic N) is 5. The van der Waals surface area contributed by atoms with Gasteiger partial charge in [0.1, 0.15) is 5.69 Å². The first-order chi connectivity index (χ1) is 16.8. The highest BCUT2D eigenvalue weighted by atomic mass is 16.1. The zero-order valence-corrected chi connectivity index (χ0v) is 21.2. The minimum absolute atomic E-state index is 0.0969. The summed E-state index contributed by atoms with van der Waals surface area (Å²) in [6, 6.07) is 16.0. The van der Waals surface area contributed by atoms with Gasteiger partial charge in [-0.15, -0.1) is 0 Å². The van der Waals surface area contributed by atoms with Crippen LogP contribution in [0.2, 0.25) is 0 Å². The molecule has 0 radical (unpaired) electrons. The van der Waals surface area contributed by atoms with E-state index in [0.29, 0.717) is 17.8 Å². The number of carbonyl (C=O) groups excluding carboxylic acids is 1. The fourth-order valence-corrected chi connectivity index (χ4v) is 5.64. The maximum Gasteiger partial charge on any atom is 0.295 e. The average molecular weight is 472 g/mol. The zero-order chi connectivity index (χ0) is 24.9. The smallest absolute Gasteiger partial charge is 0.295 e. The number of rotatable bonds is 6. The predicted octanol–water partition coefficient (Wildman–Crippen LogP) is 4.25. The number of para-hydroxylation sites is 1. The van der Waals surface area contributed by atoms with Crippen LogP contribution >= 0.6 is 0 Å². The van der Waals surface area contributed by atoms with Crippen molar-refractivity contribution in [2.24, 2.45) is 14.1 Å². The van der Waals surface area contributed by atoms with Gasteiger partial charge in [-0.1, -0.05) is 18.2 Å². The molecule has 0 aliphatic carbocycles. The van der Waals surface area contributed by atoms with Crippen LogP contribution in [0.3, 0.4) is 0 Å². The summed E-state index contributed by atoms with van der Waals surface area (Å²) in [7, 11) is 3.95. The Morgan fingerprint density at radius 2 is 1.74 bits per heavy atom. The van der Waals surface area contributed by atoms with Crippen LogP contribution in [0.25, 0.3) is 11.4 Å². The van der Waals surface area contributed by atoms with Crippen molar-refractivity contribution in [1.29, 1.82) is 0 Å². The van der Waals surface area contributed by atoms with Crippen LogP contribution in [0.4, 0.5) is 0 Å². The van der Waals surface area contributed by atoms with Crippen molar-refractivity contribution in [2.45, 2.75) is 39.7 Å². The number of aromatic nitrogens is 4. The third-order valence-corrected chi connectivity index (χ3v) is 7.51. The maximum atomic E-state index is 13.6. The maximum absolute atomic E-state index is 13.6. The molecule has 1 atom stereocenters. The lowest BCUT2D eigenvalue weighted by Gasteiger charge is -2.24. The fourth-order valence-electron chi connectivity index (χ4n) is 5.64. The summed E-state index contributed by atoms with van der Waals surface area (Å²) in [6.45, 7) is 7.15. The molecule has 1 aromatic carbocycles. The van der Waals surface area contributed by atoms with Gasteiger partial charge in [-0.05, 0) is 70.5 Å². The SMILES string of the molecule is Cc1cc(C(=O)CN2CCCC2c2cccn2C)c(C)n1-c1c(C)n(C)n(-c2ccccc2)c1=O. The number of likely N-dealkylation sites (tertiary alicyclic amines) is 1. The summed E-state index contributed by atoms with van der Waals surface area (Å²) in [6.07, 6.45) is 4.21. The molecule has 4 heterocycles. The number of hydrogen-bond donors (Lipinski definition) is 0. The number of benzene rings is 1. The Hall–Kier alpha value is -3.58. The molecule has 0 saturated carbocycles. The first kappa shape index (κ1) is 23.2. The fraction of sp³-hybridized carbons (Fsp3) is 0.357. The highest BCUT2D eigenvalue weighted by molar-refractivity contribution is 5.99. The molecule has 1 unspecified atom stereocenters. The molecule has 0 amide bonds. The van der Waals surface area contributed by atoms with Gasteiger partial charge in [-0.2, -0.15) is 0 Å². The molecule has 5 rings (SSSR count). The number of carbonyl (C=O) groups is 1. The van der Waals surface area contributed by atoms with E-state index in [9.17, 15) is 9.59 Å². The number of ketones is 1. The van der Waals surface area contributed by atoms with Crippen molar-refractivity contribution in [3.8, 4) is 11.4 Å². The third-order valence-electron chi connectivity index (χ3n) is 7.51. The average Bonchev–Trinajstić information content (AvgIpc) is 3.58. The van der Waals surface area contributed by atoms with E-state index in [0.717, 1.165) is 42.2 Å². The van der Waals surface area contributed by atoms with Crippen LogP contribution in [0.5, 0.6) is 0 Å². The van der Waals surface area contributed by atoms with Crippen molar-refractivity contribution in [3.63, 3.8) is 0 Å². The van der Waals surface area contributed by atoms with Crippen molar-refractivity contribution in [2.75, 3.05) is 13.1 Å². The predicted molar refractivity (Wildman–Crippen MR) is 138 cm³/mol. The lowest BCUT2D eigenvalue weighted by atomic mass is 10.1. The monoisotopic (exact) mass is 471 g/mol. The Bertz CT molecular complexity index is 1450. The molecular formula is C28H33N5O2. The highest BCUT2D eigenvalue weighted by Crippen LogP contribution is 2.32. The summed E-state index contributed by atoms with van der Waals surface area (Å²) < 4.78 is 7.65. The molecular weight excluding hydrogens is 438 g/mol. The van der Waals surface area contributed by atoms with Crippen molar-refractivity contribution < 1.29 is 4.79 Å². The second-order valence-electron chi connectivity index (χ2n) is 9.63. The van der Waals surface area contributed by atoms with Gasteiger partial charge in [0.25, 0.3) is 5.56 Å². The van der Waals surface area contributed by atoms with Gasteiger partial charge >= 0.3 is 0 Å². The van der Waals surface area contributed by atoms with Gasteiger partial charge in [0.15, 0.2) is 5.78 Å². The molecule has 1 fully saturated rings. The largest absolute Gasteiger partial charge is 0.353 e. The Labute approximate surface area is 205 Å². The second kappa shape index (κ2) is 8.89. The molecule has 1 aliphatic heterocycles. The minimum atomic E-state index is -0.0969. The molecule has 0 bridgehead atoms. The summed E-state index contributed by atoms with van der Waals surface area (Å²) in [5.41, 5.74) is 5.80. The lowest BCUT2D eigenvalue weighted by molar-refractivity contribution is 0.0919. The molecule has 182 valence electrons. The Kier molecular flexibility index (Phi) is 5.89. The van der Waals surface area contributed by atoms with E-state index in [-0.39, 0.29) is 17.4 Å². The van der Waals surface area contributed by atoms with E-state index >= 15 is 0 Å². The van der Waals surface area contributed by atoms with Crippen LogP contribution in [0.15, 0.2) is 59.5 Å². The van der Waals surface area contributed by atoms with E-state index in [2.05, 4.69) is 34.8 Å². The second-order valence-corrected chi connectivity index (χ2v) is 9.63. The van der Waals surface area contributed by atoms with E-state index < -0.39 is 0 Å². The van der Waals surface area contributed by atoms with Gasteiger partial charge in [-0.25, -0.2) is 4.68 Å². The lowest BCUT2D eigenvalue weighted by Crippen LogP contribution is -2.30. The first-order valence-corrected chi connectivity index (χ1v) is 12.2. The number of aryl methyl sites for hydroxylation is 2. The van der Waals surface area contributed by atoms with Gasteiger partial charge in [-0.3, -0.25) is 19.2 Å². The highest BCUT2D eigenvalue weighted by Gasteiger charge is 2.31. The Morgan fingerprint density at radius 3 is 2.43 bits per heavy atom. The Balaban J connectivity index is 1.49. The summed E-state index contributed by atoms with van der Waals surface area (Å²) in [4.78, 5) is 29.4. The van der Waals surface area contributed by atoms with Crippen LogP contribution < -0.4 is 5.56 Å². The molecule has 3 aromatic heterocycles. The summed E-state index contributed by atoms with van der Waals surface area (Å²) in [5, 5.41) is 0. The topological polar surface area (TPSA) is 57.1 Å². The van der Waals surface area contributed by atoms with Gasteiger partial charge < -0.3 is 9.13 Å². The van der Waals surface area contributed by atoms with Gasteiger partial charge in [0.05, 0.1) is 24.0 Å². The molecule has 1 aliphatic rings. The summed E-state index contributed by atoms with van der Waals surface area (Å²) >= 11 is 0. The standard InChI is InChI=1S/C28H33N5O2/c1-19-17-23(26(34)18-31-16-10-14-25(31)24-13-9-15-29(24)4)20(2)32(19)27-21(3)30(5)33(28(27)35)22-11-7-6-8-12-22/h6-9,11-13,15,17,25H,10,14,16,18H2,1-5H3. The van der Waals surface area contributed by atoms with Crippen molar-refractivity contribution in [3.05, 3.63) is 93.4 Å². The van der Waals surface area contributed by atoms with E-state index in [1.165, 1.54) is 5.69 Å². The first-order valence-electron chi connectivity index (χ1n) is 12.2. The molecule has 7 heteroatoms. The van der Waals surface area contributed by atoms with Crippen LogP contribution in [-0.4, -0.2) is 42.3 Å². The van der Waals surface area contributed by atoms with Crippen molar-refractivity contribution >= 4 is 5.78 Å². The van der Waals surface area contributed by atoms with E-state index in [4.69, 9.17) is 0 Å². The van der Waals surface area contributed by atoms with E-state index in [1.807, 2.05) is 73.5 Å². The Morgan fingerprint density at radius 1 is 1.00 bits per heavy atom. The summed E-state index contributed by atoms with van der Waals surface area (Å²) in [5.74, 6) is 0.0995. The minimum Gasteiger partial charge on any atom is -0.353 e. The normalized spacial score (nSPS) is 16.3. The van der Waals surface area contributed by atoms with Gasteiger partial charge in [0.2, 0.25) is 0 Å².